The number of hydrogen-bond acceptors (Lipinski definition) is 2. The van der Waals surface area contributed by atoms with E-state index in [0.717, 1.165) is 36.1 Å². The molecule has 1 N–H and O–H groups in total. The van der Waals surface area contributed by atoms with Crippen LogP contribution in [0.1, 0.15) is 55.0 Å². The predicted octanol–water partition coefficient (Wildman–Crippen LogP) is 3.72. The molecule has 0 fully saturated rings. The van der Waals surface area contributed by atoms with Crippen LogP contribution in [0.15, 0.2) is 42.5 Å². The molecule has 1 aliphatic heterocycles. The van der Waals surface area contributed by atoms with Gasteiger partial charge in [-0.2, -0.15) is 0 Å². The van der Waals surface area contributed by atoms with Crippen molar-refractivity contribution in [3.8, 4) is 0 Å². The highest BCUT2D eigenvalue weighted by atomic mass is 16.2. The number of carbonyl (C=O) groups excluding carboxylic acids is 2. The molecule has 1 heterocycles. The van der Waals surface area contributed by atoms with Crippen LogP contribution in [0.5, 0.6) is 0 Å². The van der Waals surface area contributed by atoms with Gasteiger partial charge in [-0.05, 0) is 74.3 Å². The van der Waals surface area contributed by atoms with Crippen molar-refractivity contribution in [1.82, 2.24) is 5.32 Å². The molecular weight excluding hydrogens is 336 g/mol. The molecule has 2 aliphatic rings. The Kier molecular flexibility index (Phi) is 4.73. The number of carbonyl (C=O) groups is 2. The van der Waals surface area contributed by atoms with Gasteiger partial charge in [0.15, 0.2) is 0 Å². The zero-order chi connectivity index (χ0) is 19.0. The smallest absolute Gasteiger partial charge is 0.316 e. The predicted molar refractivity (Wildman–Crippen MR) is 107 cm³/mol. The molecule has 2 amide bonds. The van der Waals surface area contributed by atoms with Gasteiger partial charge in [-0.15, -0.1) is 0 Å². The number of anilines is 1. The van der Waals surface area contributed by atoms with Crippen LogP contribution in [-0.4, -0.2) is 17.9 Å². The molecule has 140 valence electrons. The van der Waals surface area contributed by atoms with E-state index in [4.69, 9.17) is 0 Å². The first kappa shape index (κ1) is 17.8. The second-order valence-electron chi connectivity index (χ2n) is 7.79. The Hall–Kier alpha value is -2.62. The number of hydrogen-bond donors (Lipinski definition) is 1. The number of fused-ring (bicyclic) bond motifs is 2. The Morgan fingerprint density at radius 2 is 1.78 bits per heavy atom. The van der Waals surface area contributed by atoms with E-state index in [1.165, 1.54) is 24.0 Å². The van der Waals surface area contributed by atoms with Crippen LogP contribution in [-0.2, 0) is 28.9 Å². The van der Waals surface area contributed by atoms with Gasteiger partial charge in [0, 0.05) is 11.7 Å². The molecule has 0 saturated carbocycles. The van der Waals surface area contributed by atoms with Gasteiger partial charge in [-0.25, -0.2) is 0 Å². The molecular formula is C23H26N2O2. The van der Waals surface area contributed by atoms with Gasteiger partial charge >= 0.3 is 11.8 Å². The van der Waals surface area contributed by atoms with E-state index in [0.29, 0.717) is 0 Å². The van der Waals surface area contributed by atoms with Crippen molar-refractivity contribution < 1.29 is 9.59 Å². The summed E-state index contributed by atoms with van der Waals surface area (Å²) in [6.45, 7) is 3.93. The Balaban J connectivity index is 1.48. The van der Waals surface area contributed by atoms with Crippen LogP contribution in [0.4, 0.5) is 5.69 Å². The highest BCUT2D eigenvalue weighted by Gasteiger charge is 2.34. The van der Waals surface area contributed by atoms with Gasteiger partial charge < -0.3 is 10.2 Å². The average molecular weight is 362 g/mol. The summed E-state index contributed by atoms with van der Waals surface area (Å²) >= 11 is 0. The van der Waals surface area contributed by atoms with Crippen molar-refractivity contribution in [3.63, 3.8) is 0 Å². The lowest BCUT2D eigenvalue weighted by Gasteiger charge is -2.24. The number of nitrogens with one attached hydrogen (secondary N) is 1. The van der Waals surface area contributed by atoms with Gasteiger partial charge in [0.2, 0.25) is 0 Å². The van der Waals surface area contributed by atoms with Crippen LogP contribution in [0.3, 0.4) is 0 Å². The second-order valence-corrected chi connectivity index (χ2v) is 7.79. The van der Waals surface area contributed by atoms with Crippen LogP contribution >= 0.6 is 0 Å². The average Bonchev–Trinajstić information content (AvgIpc) is 3.02. The number of benzene rings is 2. The fourth-order valence-electron chi connectivity index (χ4n) is 4.35. The molecule has 2 aromatic carbocycles. The van der Waals surface area contributed by atoms with Crippen LogP contribution in [0.2, 0.25) is 0 Å². The summed E-state index contributed by atoms with van der Waals surface area (Å²) in [6.07, 6.45) is 5.51. The molecule has 0 bridgehead atoms. The summed E-state index contributed by atoms with van der Waals surface area (Å²) in [4.78, 5) is 27.1. The zero-order valence-electron chi connectivity index (χ0n) is 16.0. The van der Waals surface area contributed by atoms with Crippen molar-refractivity contribution in [2.24, 2.45) is 0 Å². The SMILES string of the molecule is CC(NC(=O)C(=O)N1c2ccccc2CC1C)c1ccc2c(c1)CCCC2. The fourth-order valence-corrected chi connectivity index (χ4v) is 4.35. The topological polar surface area (TPSA) is 49.4 Å². The Labute approximate surface area is 160 Å². The van der Waals surface area contributed by atoms with Crippen LogP contribution in [0, 0.1) is 0 Å². The monoisotopic (exact) mass is 362 g/mol. The normalized spacial score (nSPS) is 19.2. The molecule has 4 nitrogen and oxygen atoms in total. The summed E-state index contributed by atoms with van der Waals surface area (Å²) in [6, 6.07) is 14.1. The Morgan fingerprint density at radius 1 is 1.04 bits per heavy atom. The van der Waals surface area contributed by atoms with Gasteiger partial charge in [-0.3, -0.25) is 9.59 Å². The molecule has 2 aromatic rings. The van der Waals surface area contributed by atoms with E-state index in [-0.39, 0.29) is 12.1 Å². The van der Waals surface area contributed by atoms with E-state index >= 15 is 0 Å². The van der Waals surface area contributed by atoms with Crippen molar-refractivity contribution in [3.05, 3.63) is 64.7 Å². The Morgan fingerprint density at radius 3 is 2.59 bits per heavy atom. The van der Waals surface area contributed by atoms with Crippen LogP contribution in [0.25, 0.3) is 0 Å². The first-order valence-electron chi connectivity index (χ1n) is 9.88. The first-order chi connectivity index (χ1) is 13.0. The van der Waals surface area contributed by atoms with Crippen molar-refractivity contribution >= 4 is 17.5 Å². The van der Waals surface area contributed by atoms with Gasteiger partial charge in [-0.1, -0.05) is 36.4 Å². The van der Waals surface area contributed by atoms with E-state index in [1.54, 1.807) is 4.90 Å². The molecule has 2 unspecified atom stereocenters. The minimum Gasteiger partial charge on any atom is -0.341 e. The van der Waals surface area contributed by atoms with Gasteiger partial charge in [0.25, 0.3) is 0 Å². The molecule has 27 heavy (non-hydrogen) atoms. The zero-order valence-corrected chi connectivity index (χ0v) is 16.0. The quantitative estimate of drug-likeness (QED) is 0.828. The lowest BCUT2D eigenvalue weighted by atomic mass is 9.89. The fraction of sp³-hybridized carbons (Fsp3) is 0.391. The van der Waals surface area contributed by atoms with E-state index in [9.17, 15) is 9.59 Å². The minimum atomic E-state index is -0.538. The minimum absolute atomic E-state index is 0.000277. The largest absolute Gasteiger partial charge is 0.341 e. The maximum atomic E-state index is 12.8. The first-order valence-corrected chi connectivity index (χ1v) is 9.88. The Bertz CT molecular complexity index is 890. The lowest BCUT2D eigenvalue weighted by Crippen LogP contribution is -2.46. The lowest BCUT2D eigenvalue weighted by molar-refractivity contribution is -0.138. The highest BCUT2D eigenvalue weighted by Crippen LogP contribution is 2.32. The van der Waals surface area contributed by atoms with E-state index in [2.05, 4.69) is 23.5 Å². The molecule has 4 heteroatoms. The van der Waals surface area contributed by atoms with Gasteiger partial charge in [0.1, 0.15) is 0 Å². The second kappa shape index (κ2) is 7.18. The van der Waals surface area contributed by atoms with Crippen molar-refractivity contribution in [2.75, 3.05) is 4.90 Å². The highest BCUT2D eigenvalue weighted by molar-refractivity contribution is 6.40. The van der Waals surface area contributed by atoms with Gasteiger partial charge in [0.05, 0.1) is 6.04 Å². The summed E-state index contributed by atoms with van der Waals surface area (Å²) in [5.41, 5.74) is 5.84. The number of nitrogens with zero attached hydrogens (tertiary/aromatic N) is 1. The maximum Gasteiger partial charge on any atom is 0.316 e. The van der Waals surface area contributed by atoms with Crippen molar-refractivity contribution in [2.45, 2.75) is 58.0 Å². The van der Waals surface area contributed by atoms with Crippen molar-refractivity contribution in [1.29, 1.82) is 0 Å². The molecule has 0 aromatic heterocycles. The molecule has 0 spiro atoms. The van der Waals surface area contributed by atoms with E-state index < -0.39 is 11.8 Å². The molecule has 0 radical (unpaired) electrons. The number of para-hydroxylation sites is 1. The molecule has 2 atom stereocenters. The summed E-state index contributed by atoms with van der Waals surface area (Å²) in [5.74, 6) is -1.01. The number of amides is 2. The maximum absolute atomic E-state index is 12.8. The van der Waals surface area contributed by atoms with Crippen LogP contribution < -0.4 is 10.2 Å². The van der Waals surface area contributed by atoms with E-state index in [1.807, 2.05) is 38.1 Å². The molecule has 0 saturated heterocycles. The third-order valence-electron chi connectivity index (χ3n) is 5.84. The molecule has 1 aliphatic carbocycles. The third kappa shape index (κ3) is 3.36. The summed E-state index contributed by atoms with van der Waals surface area (Å²) in [7, 11) is 0. The number of rotatable bonds is 2. The summed E-state index contributed by atoms with van der Waals surface area (Å²) in [5, 5.41) is 2.90. The third-order valence-corrected chi connectivity index (χ3v) is 5.84. The number of aryl methyl sites for hydroxylation is 2. The standard InChI is InChI=1S/C23H26N2O2/c1-15-13-20-9-5-6-10-21(20)25(15)23(27)22(26)24-16(2)18-12-11-17-7-3-4-8-19(17)14-18/h5-6,9-12,14-16H,3-4,7-8,13H2,1-2H3,(H,24,26). The molecule has 4 rings (SSSR count). The summed E-state index contributed by atoms with van der Waals surface area (Å²) < 4.78 is 0.